The van der Waals surface area contributed by atoms with E-state index in [0.717, 1.165) is 54.2 Å². The van der Waals surface area contributed by atoms with Crippen LogP contribution in [0.2, 0.25) is 0 Å². The largest absolute Gasteiger partial charge is 0.464 e. The van der Waals surface area contributed by atoms with Crippen molar-refractivity contribution in [1.29, 1.82) is 0 Å². The van der Waals surface area contributed by atoms with Gasteiger partial charge in [-0.05, 0) is 12.1 Å². The van der Waals surface area contributed by atoms with Crippen molar-refractivity contribution in [2.24, 2.45) is 0 Å². The Morgan fingerprint density at radius 3 is 2.96 bits per heavy atom. The van der Waals surface area contributed by atoms with Crippen LogP contribution >= 0.6 is 23.1 Å². The molecule has 6 nitrogen and oxygen atoms in total. The monoisotopic (exact) mass is 403 g/mol. The third-order valence-electron chi connectivity index (χ3n) is 4.50. The van der Waals surface area contributed by atoms with Gasteiger partial charge in [-0.25, -0.2) is 4.98 Å². The average Bonchev–Trinajstić information content (AvgIpc) is 3.35. The van der Waals surface area contributed by atoms with Gasteiger partial charge in [-0.1, -0.05) is 17.8 Å². The first-order valence-corrected chi connectivity index (χ1v) is 10.7. The molecule has 0 atom stereocenters. The molecule has 8 heteroatoms. The second-order valence-corrected chi connectivity index (χ2v) is 8.13. The van der Waals surface area contributed by atoms with Crippen molar-refractivity contribution in [2.75, 3.05) is 38.6 Å². The summed E-state index contributed by atoms with van der Waals surface area (Å²) in [6.07, 6.45) is 3.35. The number of hydrogen-bond acceptors (Lipinski definition) is 7. The Hall–Kier alpha value is -1.87. The fraction of sp³-hybridized carbons (Fsp3) is 0.368. The Morgan fingerprint density at radius 1 is 1.37 bits per heavy atom. The molecule has 0 N–H and O–H groups in total. The molecule has 0 aromatic carbocycles. The molecule has 4 rings (SSSR count). The summed E-state index contributed by atoms with van der Waals surface area (Å²) in [5.41, 5.74) is 0.765. The lowest BCUT2D eigenvalue weighted by atomic mass is 10.2. The summed E-state index contributed by atoms with van der Waals surface area (Å²) in [4.78, 5) is 21.1. The van der Waals surface area contributed by atoms with Crippen LogP contribution in [0, 0.1) is 0 Å². The van der Waals surface area contributed by atoms with Gasteiger partial charge in [0.2, 0.25) is 0 Å². The van der Waals surface area contributed by atoms with Gasteiger partial charge in [-0.2, -0.15) is 0 Å². The molecule has 0 saturated carbocycles. The third kappa shape index (κ3) is 3.89. The molecule has 1 saturated heterocycles. The van der Waals surface area contributed by atoms with Crippen LogP contribution in [0.4, 0.5) is 0 Å². The molecular weight excluding hydrogens is 382 g/mol. The number of ether oxygens (including phenoxy) is 1. The standard InChI is InChI=1S/C19H21N3O3S2/c1-2-5-22-18(23)16-14(15-4-3-9-25-15)13-27-17(16)20-19(22)26-12-8-21-6-10-24-11-7-21/h2-4,9,13H,1,5-8,10-12H2. The molecule has 142 valence electrons. The molecule has 0 amide bonds. The van der Waals surface area contributed by atoms with Gasteiger partial charge in [-0.15, -0.1) is 17.9 Å². The fourth-order valence-electron chi connectivity index (χ4n) is 3.11. The molecule has 0 aliphatic carbocycles. The number of fused-ring (bicyclic) bond motifs is 1. The van der Waals surface area contributed by atoms with Crippen molar-refractivity contribution < 1.29 is 9.15 Å². The summed E-state index contributed by atoms with van der Waals surface area (Å²) >= 11 is 3.10. The molecule has 3 aromatic rings. The maximum absolute atomic E-state index is 13.2. The zero-order valence-electron chi connectivity index (χ0n) is 14.9. The Bertz CT molecular complexity index is 972. The Morgan fingerprint density at radius 2 is 2.22 bits per heavy atom. The van der Waals surface area contributed by atoms with Crippen LogP contribution in [0.5, 0.6) is 0 Å². The van der Waals surface area contributed by atoms with Crippen LogP contribution in [-0.2, 0) is 11.3 Å². The van der Waals surface area contributed by atoms with Crippen LogP contribution in [0.1, 0.15) is 0 Å². The second kappa shape index (κ2) is 8.43. The van der Waals surface area contributed by atoms with Crippen molar-refractivity contribution in [3.63, 3.8) is 0 Å². The lowest BCUT2D eigenvalue weighted by Crippen LogP contribution is -2.37. The molecule has 1 aliphatic rings. The molecule has 0 spiro atoms. The highest BCUT2D eigenvalue weighted by atomic mass is 32.2. The molecule has 0 unspecified atom stereocenters. The van der Waals surface area contributed by atoms with Crippen molar-refractivity contribution in [2.45, 2.75) is 11.7 Å². The van der Waals surface area contributed by atoms with Gasteiger partial charge >= 0.3 is 0 Å². The van der Waals surface area contributed by atoms with Crippen LogP contribution in [0.25, 0.3) is 21.5 Å². The second-order valence-electron chi connectivity index (χ2n) is 6.21. The van der Waals surface area contributed by atoms with Gasteiger partial charge in [0.25, 0.3) is 5.56 Å². The first-order valence-electron chi connectivity index (χ1n) is 8.87. The average molecular weight is 404 g/mol. The summed E-state index contributed by atoms with van der Waals surface area (Å²) < 4.78 is 12.6. The highest BCUT2D eigenvalue weighted by molar-refractivity contribution is 7.99. The number of hydrogen-bond donors (Lipinski definition) is 0. The molecule has 3 aromatic heterocycles. The van der Waals surface area contributed by atoms with Crippen LogP contribution in [-0.4, -0.2) is 53.1 Å². The Balaban J connectivity index is 1.63. The van der Waals surface area contributed by atoms with Gasteiger partial charge in [0.1, 0.15) is 10.6 Å². The van der Waals surface area contributed by atoms with Crippen molar-refractivity contribution in [3.05, 3.63) is 46.8 Å². The normalized spacial score (nSPS) is 15.4. The lowest BCUT2D eigenvalue weighted by molar-refractivity contribution is 0.0410. The van der Waals surface area contributed by atoms with E-state index in [1.807, 2.05) is 17.5 Å². The van der Waals surface area contributed by atoms with Gasteiger partial charge < -0.3 is 9.15 Å². The first-order chi connectivity index (χ1) is 13.3. The van der Waals surface area contributed by atoms with E-state index in [9.17, 15) is 4.79 Å². The Kier molecular flexibility index (Phi) is 5.77. The van der Waals surface area contributed by atoms with E-state index < -0.39 is 0 Å². The van der Waals surface area contributed by atoms with Crippen LogP contribution in [0.3, 0.4) is 0 Å². The molecule has 1 aliphatic heterocycles. The minimum Gasteiger partial charge on any atom is -0.464 e. The quantitative estimate of drug-likeness (QED) is 0.343. The number of thioether (sulfide) groups is 1. The smallest absolute Gasteiger partial charge is 0.263 e. The summed E-state index contributed by atoms with van der Waals surface area (Å²) in [6, 6.07) is 3.69. The summed E-state index contributed by atoms with van der Waals surface area (Å²) in [5, 5.41) is 3.31. The molecule has 1 fully saturated rings. The van der Waals surface area contributed by atoms with Crippen LogP contribution in [0.15, 0.2) is 50.8 Å². The van der Waals surface area contributed by atoms with Gasteiger partial charge in [0.05, 0.1) is 24.9 Å². The van der Waals surface area contributed by atoms with Gasteiger partial charge in [0, 0.05) is 42.9 Å². The van der Waals surface area contributed by atoms with Crippen molar-refractivity contribution >= 4 is 33.3 Å². The van der Waals surface area contributed by atoms with E-state index in [-0.39, 0.29) is 5.56 Å². The van der Waals surface area contributed by atoms with Gasteiger partial charge in [0.15, 0.2) is 5.16 Å². The third-order valence-corrected chi connectivity index (χ3v) is 6.33. The highest BCUT2D eigenvalue weighted by Gasteiger charge is 2.18. The fourth-order valence-corrected chi connectivity index (χ4v) is 5.09. The van der Waals surface area contributed by atoms with Crippen LogP contribution < -0.4 is 5.56 Å². The predicted molar refractivity (Wildman–Crippen MR) is 110 cm³/mol. The topological polar surface area (TPSA) is 60.5 Å². The number of nitrogens with zero attached hydrogens (tertiary/aromatic N) is 3. The molecule has 0 radical (unpaired) electrons. The van der Waals surface area contributed by atoms with E-state index in [0.29, 0.717) is 17.7 Å². The summed E-state index contributed by atoms with van der Waals surface area (Å²) in [5.74, 6) is 1.57. The van der Waals surface area contributed by atoms with E-state index in [1.165, 1.54) is 11.3 Å². The molecule has 0 bridgehead atoms. The predicted octanol–water partition coefficient (Wildman–Crippen LogP) is 3.33. The van der Waals surface area contributed by atoms with E-state index in [1.54, 1.807) is 28.7 Å². The van der Waals surface area contributed by atoms with Crippen molar-refractivity contribution in [1.82, 2.24) is 14.5 Å². The van der Waals surface area contributed by atoms with E-state index >= 15 is 0 Å². The maximum atomic E-state index is 13.2. The number of rotatable bonds is 7. The Labute approximate surface area is 165 Å². The van der Waals surface area contributed by atoms with E-state index in [4.69, 9.17) is 14.1 Å². The first kappa shape index (κ1) is 18.5. The van der Waals surface area contributed by atoms with Crippen molar-refractivity contribution in [3.8, 4) is 11.3 Å². The molecule has 27 heavy (non-hydrogen) atoms. The minimum atomic E-state index is -0.0403. The lowest BCUT2D eigenvalue weighted by Gasteiger charge is -2.26. The number of allylic oxidation sites excluding steroid dienone is 1. The summed E-state index contributed by atoms with van der Waals surface area (Å²) in [7, 11) is 0. The highest BCUT2D eigenvalue weighted by Crippen LogP contribution is 2.32. The zero-order valence-corrected chi connectivity index (χ0v) is 16.6. The SMILES string of the molecule is C=CCn1c(SCCN2CCOCC2)nc2scc(-c3ccco3)c2c1=O. The van der Waals surface area contributed by atoms with Gasteiger partial charge in [-0.3, -0.25) is 14.3 Å². The molecular formula is C19H21N3O3S2. The number of furan rings is 1. The van der Waals surface area contributed by atoms with E-state index in [2.05, 4.69) is 11.5 Å². The number of morpholine rings is 1. The zero-order chi connectivity index (χ0) is 18.6. The number of thiophene rings is 1. The maximum Gasteiger partial charge on any atom is 0.263 e. The minimum absolute atomic E-state index is 0.0403. The number of aromatic nitrogens is 2. The summed E-state index contributed by atoms with van der Waals surface area (Å²) in [6.45, 7) is 8.70. The molecule has 4 heterocycles.